The van der Waals surface area contributed by atoms with Crippen molar-refractivity contribution in [3.8, 4) is 0 Å². The molecule has 1 aliphatic rings. The third kappa shape index (κ3) is 2.66. The van der Waals surface area contributed by atoms with Gasteiger partial charge in [-0.15, -0.1) is 5.10 Å². The minimum absolute atomic E-state index is 0.423. The lowest BCUT2D eigenvalue weighted by atomic mass is 9.91. The average Bonchev–Trinajstić information content (AvgIpc) is 3.21. The largest absolute Gasteiger partial charge is 0.467 e. The van der Waals surface area contributed by atoms with E-state index in [0.717, 1.165) is 17.3 Å². The van der Waals surface area contributed by atoms with Gasteiger partial charge in [-0.1, -0.05) is 36.0 Å². The zero-order valence-electron chi connectivity index (χ0n) is 12.1. The van der Waals surface area contributed by atoms with Crippen LogP contribution in [0.4, 0.5) is 0 Å². The second-order valence-electron chi connectivity index (χ2n) is 5.40. The first-order valence-electron chi connectivity index (χ1n) is 7.43. The minimum Gasteiger partial charge on any atom is -0.467 e. The molecule has 1 atom stereocenters. The van der Waals surface area contributed by atoms with Crippen LogP contribution < -0.4 is 0 Å². The Morgan fingerprint density at radius 3 is 3.09 bits per heavy atom. The molecule has 6 heteroatoms. The van der Waals surface area contributed by atoms with Crippen molar-refractivity contribution in [2.45, 2.75) is 36.2 Å². The third-order valence-electron chi connectivity index (χ3n) is 3.95. The van der Waals surface area contributed by atoms with E-state index in [2.05, 4.69) is 39.8 Å². The second-order valence-corrected chi connectivity index (χ2v) is 6.57. The van der Waals surface area contributed by atoms with Crippen molar-refractivity contribution < 1.29 is 4.42 Å². The van der Waals surface area contributed by atoms with Crippen molar-refractivity contribution in [3.63, 3.8) is 0 Å². The summed E-state index contributed by atoms with van der Waals surface area (Å²) in [5, 5.41) is 13.4. The normalized spacial score (nSPS) is 17.4. The van der Waals surface area contributed by atoms with E-state index in [-0.39, 0.29) is 0 Å². The first-order valence-corrected chi connectivity index (χ1v) is 8.31. The van der Waals surface area contributed by atoms with Crippen molar-refractivity contribution in [1.29, 1.82) is 0 Å². The van der Waals surface area contributed by atoms with Crippen molar-refractivity contribution in [1.82, 2.24) is 20.2 Å². The molecule has 0 saturated carbocycles. The number of nitrogens with zero attached hydrogens (tertiary/aromatic N) is 4. The van der Waals surface area contributed by atoms with Crippen LogP contribution in [0, 0.1) is 0 Å². The number of hydrogen-bond acceptors (Lipinski definition) is 5. The van der Waals surface area contributed by atoms with E-state index in [4.69, 9.17) is 4.42 Å². The maximum Gasteiger partial charge on any atom is 0.210 e. The zero-order chi connectivity index (χ0) is 14.8. The molecule has 0 fully saturated rings. The fourth-order valence-electron chi connectivity index (χ4n) is 2.89. The maximum atomic E-state index is 5.38. The summed E-state index contributed by atoms with van der Waals surface area (Å²) < 4.78 is 7.19. The van der Waals surface area contributed by atoms with Crippen LogP contribution in [0.2, 0.25) is 0 Å². The van der Waals surface area contributed by atoms with Gasteiger partial charge in [0.1, 0.15) is 12.3 Å². The molecule has 0 bridgehead atoms. The molecule has 0 aliphatic heterocycles. The van der Waals surface area contributed by atoms with E-state index in [0.29, 0.717) is 11.8 Å². The summed E-state index contributed by atoms with van der Waals surface area (Å²) in [6, 6.07) is 12.5. The highest BCUT2D eigenvalue weighted by molar-refractivity contribution is 7.99. The Balaban J connectivity index is 1.56. The molecule has 2 aromatic heterocycles. The molecule has 3 aromatic rings. The van der Waals surface area contributed by atoms with Crippen LogP contribution in [-0.2, 0) is 13.0 Å². The molecular formula is C16H16N4OS. The predicted molar refractivity (Wildman–Crippen MR) is 83.6 cm³/mol. The van der Waals surface area contributed by atoms with Crippen LogP contribution in [0.3, 0.4) is 0 Å². The average molecular weight is 312 g/mol. The van der Waals surface area contributed by atoms with Crippen molar-refractivity contribution >= 4 is 11.8 Å². The lowest BCUT2D eigenvalue weighted by Gasteiger charge is -2.24. The van der Waals surface area contributed by atoms with Crippen molar-refractivity contribution in [2.75, 3.05) is 0 Å². The second kappa shape index (κ2) is 5.96. The number of thioether (sulfide) groups is 1. The predicted octanol–water partition coefficient (Wildman–Crippen LogP) is 3.48. The van der Waals surface area contributed by atoms with Gasteiger partial charge in [-0.3, -0.25) is 0 Å². The fourth-order valence-corrected chi connectivity index (χ4v) is 4.09. The molecule has 5 nitrogen and oxygen atoms in total. The quantitative estimate of drug-likeness (QED) is 0.738. The number of furan rings is 1. The van der Waals surface area contributed by atoms with E-state index >= 15 is 0 Å². The van der Waals surface area contributed by atoms with Crippen molar-refractivity contribution in [2.24, 2.45) is 0 Å². The van der Waals surface area contributed by atoms with Gasteiger partial charge in [0.25, 0.3) is 0 Å². The highest BCUT2D eigenvalue weighted by Gasteiger charge is 2.23. The van der Waals surface area contributed by atoms with Crippen LogP contribution in [0.5, 0.6) is 0 Å². The smallest absolute Gasteiger partial charge is 0.210 e. The maximum absolute atomic E-state index is 5.38. The Morgan fingerprint density at radius 2 is 2.18 bits per heavy atom. The van der Waals surface area contributed by atoms with Gasteiger partial charge in [-0.25, -0.2) is 4.68 Å². The SMILES string of the molecule is c1coc(Cn2nnnc2S[C@H]2CCCc3ccccc32)c1. The van der Waals surface area contributed by atoms with E-state index < -0.39 is 0 Å². The number of tetrazole rings is 1. The molecule has 0 unspecified atom stereocenters. The van der Waals surface area contributed by atoms with E-state index in [9.17, 15) is 0 Å². The highest BCUT2D eigenvalue weighted by atomic mass is 32.2. The van der Waals surface area contributed by atoms with E-state index in [1.807, 2.05) is 12.1 Å². The topological polar surface area (TPSA) is 56.7 Å². The number of aryl methyl sites for hydroxylation is 1. The molecule has 1 aliphatic carbocycles. The molecule has 0 spiro atoms. The lowest BCUT2D eigenvalue weighted by Crippen LogP contribution is -2.09. The van der Waals surface area contributed by atoms with Crippen LogP contribution >= 0.6 is 11.8 Å². The molecule has 0 N–H and O–H groups in total. The third-order valence-corrected chi connectivity index (χ3v) is 5.22. The molecule has 112 valence electrons. The van der Waals surface area contributed by atoms with E-state index in [1.54, 1.807) is 22.7 Å². The number of benzene rings is 1. The number of hydrogen-bond donors (Lipinski definition) is 0. The van der Waals surface area contributed by atoms with Crippen molar-refractivity contribution in [3.05, 3.63) is 59.5 Å². The molecule has 0 radical (unpaired) electrons. The molecule has 1 aromatic carbocycles. The standard InChI is InChI=1S/C16H16N4OS/c1-2-8-14-12(5-1)6-3-9-15(14)22-16-17-18-19-20(16)11-13-7-4-10-21-13/h1-2,4-5,7-8,10,15H,3,6,9,11H2/t15-/m0/s1. The van der Waals surface area contributed by atoms with Gasteiger partial charge >= 0.3 is 0 Å². The molecule has 2 heterocycles. The summed E-state index contributed by atoms with van der Waals surface area (Å²) in [5.41, 5.74) is 2.88. The minimum atomic E-state index is 0.423. The Kier molecular flexibility index (Phi) is 3.68. The van der Waals surface area contributed by atoms with Gasteiger partial charge in [-0.2, -0.15) is 0 Å². The number of fused-ring (bicyclic) bond motifs is 1. The molecule has 22 heavy (non-hydrogen) atoms. The number of rotatable bonds is 4. The summed E-state index contributed by atoms with van der Waals surface area (Å²) in [6.07, 6.45) is 5.22. The molecule has 0 saturated heterocycles. The summed E-state index contributed by atoms with van der Waals surface area (Å²) in [7, 11) is 0. The zero-order valence-corrected chi connectivity index (χ0v) is 12.9. The molecular weight excluding hydrogens is 296 g/mol. The van der Waals surface area contributed by atoms with Gasteiger partial charge in [0, 0.05) is 5.25 Å². The fraction of sp³-hybridized carbons (Fsp3) is 0.312. The van der Waals surface area contributed by atoms with Gasteiger partial charge < -0.3 is 4.42 Å². The van der Waals surface area contributed by atoms with Crippen LogP contribution in [0.25, 0.3) is 0 Å². The van der Waals surface area contributed by atoms with Crippen LogP contribution in [0.15, 0.2) is 52.2 Å². The Bertz CT molecular complexity index is 753. The van der Waals surface area contributed by atoms with Gasteiger partial charge in [0.15, 0.2) is 0 Å². The van der Waals surface area contributed by atoms with Gasteiger partial charge in [0.2, 0.25) is 5.16 Å². The first-order chi connectivity index (χ1) is 10.9. The Hall–Kier alpha value is -2.08. The summed E-state index contributed by atoms with van der Waals surface area (Å²) in [4.78, 5) is 0. The van der Waals surface area contributed by atoms with Gasteiger partial charge in [-0.05, 0) is 52.9 Å². The molecule has 4 rings (SSSR count). The monoisotopic (exact) mass is 312 g/mol. The molecule has 0 amide bonds. The summed E-state index contributed by atoms with van der Waals surface area (Å²) in [5.74, 6) is 0.859. The highest BCUT2D eigenvalue weighted by Crippen LogP contribution is 2.42. The Labute approximate surface area is 132 Å². The van der Waals surface area contributed by atoms with E-state index in [1.165, 1.54) is 24.0 Å². The Morgan fingerprint density at radius 1 is 1.23 bits per heavy atom. The van der Waals surface area contributed by atoms with Crippen LogP contribution in [0.1, 0.15) is 35.0 Å². The summed E-state index contributed by atoms with van der Waals surface area (Å²) >= 11 is 1.75. The summed E-state index contributed by atoms with van der Waals surface area (Å²) in [6.45, 7) is 0.566. The van der Waals surface area contributed by atoms with Gasteiger partial charge in [0.05, 0.1) is 6.26 Å². The number of aromatic nitrogens is 4. The first kappa shape index (κ1) is 13.6. The van der Waals surface area contributed by atoms with Crippen LogP contribution in [-0.4, -0.2) is 20.2 Å². The lowest BCUT2D eigenvalue weighted by molar-refractivity contribution is 0.462.